The lowest BCUT2D eigenvalue weighted by atomic mass is 9.88. The number of thiocarbonyl (C=S) groups is 1. The first-order valence-corrected chi connectivity index (χ1v) is 10.9. The number of benzene rings is 1. The third-order valence-corrected chi connectivity index (χ3v) is 5.68. The summed E-state index contributed by atoms with van der Waals surface area (Å²) < 4.78 is 16.5. The molecule has 0 aromatic heterocycles. The number of hydrogen-bond acceptors (Lipinski definition) is 5. The molecule has 7 nitrogen and oxygen atoms in total. The lowest BCUT2D eigenvalue weighted by molar-refractivity contribution is -0.124. The van der Waals surface area contributed by atoms with Crippen molar-refractivity contribution in [2.24, 2.45) is 5.92 Å². The van der Waals surface area contributed by atoms with Gasteiger partial charge >= 0.3 is 0 Å². The van der Waals surface area contributed by atoms with Crippen LogP contribution in [-0.2, 0) is 4.79 Å². The Hall–Kier alpha value is -2.22. The molecule has 1 aliphatic heterocycles. The minimum Gasteiger partial charge on any atom is -0.493 e. The van der Waals surface area contributed by atoms with E-state index in [0.717, 1.165) is 18.4 Å². The Morgan fingerprint density at radius 3 is 2.30 bits per heavy atom. The summed E-state index contributed by atoms with van der Waals surface area (Å²) in [6.45, 7) is 8.10. The summed E-state index contributed by atoms with van der Waals surface area (Å²) >= 11 is 5.59. The van der Waals surface area contributed by atoms with Crippen molar-refractivity contribution in [1.82, 2.24) is 15.5 Å². The maximum absolute atomic E-state index is 13.0. The molecule has 1 aromatic carbocycles. The molecule has 30 heavy (non-hydrogen) atoms. The van der Waals surface area contributed by atoms with E-state index < -0.39 is 0 Å². The molecule has 0 saturated carbocycles. The van der Waals surface area contributed by atoms with Gasteiger partial charge in [0.25, 0.3) is 0 Å². The second-order valence-corrected chi connectivity index (χ2v) is 8.21. The number of hydrogen-bond donors (Lipinski definition) is 2. The topological polar surface area (TPSA) is 72.1 Å². The van der Waals surface area contributed by atoms with Gasteiger partial charge in [0.2, 0.25) is 11.7 Å². The Labute approximate surface area is 185 Å². The number of nitrogens with one attached hydrogen (secondary N) is 2. The lowest BCUT2D eigenvalue weighted by Crippen LogP contribution is -2.42. The molecule has 0 bridgehead atoms. The predicted molar refractivity (Wildman–Crippen MR) is 123 cm³/mol. The van der Waals surface area contributed by atoms with Crippen molar-refractivity contribution in [2.45, 2.75) is 45.6 Å². The molecular weight excluding hydrogens is 402 g/mol. The standard InChI is InChI=1S/C22H35N3O4S/c1-7-8-9-23-21(26)17-13-25(22(30)24-14(2)3)12-16(17)15-10-18(27-4)20(29-6)19(11-15)28-5/h10-11,14,16-17H,7-9,12-13H2,1-6H3,(H,23,26)(H,24,30)/t16-,17+/m0/s1. The van der Waals surface area contributed by atoms with Gasteiger partial charge in [-0.25, -0.2) is 0 Å². The Morgan fingerprint density at radius 2 is 1.80 bits per heavy atom. The molecule has 2 rings (SSSR count). The van der Waals surface area contributed by atoms with Gasteiger partial charge in [0.15, 0.2) is 16.6 Å². The van der Waals surface area contributed by atoms with Gasteiger partial charge < -0.3 is 29.7 Å². The Balaban J connectivity index is 2.37. The van der Waals surface area contributed by atoms with Crippen molar-refractivity contribution >= 4 is 23.2 Å². The molecule has 8 heteroatoms. The van der Waals surface area contributed by atoms with Crippen LogP contribution in [0.2, 0.25) is 0 Å². The largest absolute Gasteiger partial charge is 0.493 e. The molecule has 0 unspecified atom stereocenters. The summed E-state index contributed by atoms with van der Waals surface area (Å²) in [5, 5.41) is 7.05. The van der Waals surface area contributed by atoms with Crippen molar-refractivity contribution in [2.75, 3.05) is 41.0 Å². The maximum atomic E-state index is 13.0. The molecule has 2 atom stereocenters. The van der Waals surface area contributed by atoms with Gasteiger partial charge in [-0.3, -0.25) is 4.79 Å². The Kier molecular flexibility index (Phi) is 9.02. The zero-order valence-electron chi connectivity index (χ0n) is 18.9. The summed E-state index contributed by atoms with van der Waals surface area (Å²) in [6.07, 6.45) is 2.00. The smallest absolute Gasteiger partial charge is 0.225 e. The Morgan fingerprint density at radius 1 is 1.17 bits per heavy atom. The minimum atomic E-state index is -0.225. The van der Waals surface area contributed by atoms with Gasteiger partial charge in [0.05, 0.1) is 27.2 Å². The second-order valence-electron chi connectivity index (χ2n) is 7.83. The first kappa shape index (κ1) is 24.1. The number of nitrogens with zero attached hydrogens (tertiary/aromatic N) is 1. The van der Waals surface area contributed by atoms with E-state index in [-0.39, 0.29) is 23.8 Å². The van der Waals surface area contributed by atoms with Gasteiger partial charge in [0.1, 0.15) is 0 Å². The van der Waals surface area contributed by atoms with Crippen molar-refractivity contribution in [3.63, 3.8) is 0 Å². The van der Waals surface area contributed by atoms with Crippen LogP contribution in [0.3, 0.4) is 0 Å². The predicted octanol–water partition coefficient (Wildman–Crippen LogP) is 2.93. The number of methoxy groups -OCH3 is 3. The average Bonchev–Trinajstić information content (AvgIpc) is 3.18. The SMILES string of the molecule is CCCCNC(=O)[C@@H]1CN(C(=S)NC(C)C)C[C@H]1c1cc(OC)c(OC)c(OC)c1. The van der Waals surface area contributed by atoms with Crippen LogP contribution in [0.1, 0.15) is 45.1 Å². The first-order valence-electron chi connectivity index (χ1n) is 10.5. The van der Waals surface area contributed by atoms with Gasteiger partial charge in [-0.2, -0.15) is 0 Å². The van der Waals surface area contributed by atoms with Gasteiger partial charge in [-0.1, -0.05) is 13.3 Å². The highest BCUT2D eigenvalue weighted by Gasteiger charge is 2.40. The highest BCUT2D eigenvalue weighted by Crippen LogP contribution is 2.43. The van der Waals surface area contributed by atoms with E-state index >= 15 is 0 Å². The molecular formula is C22H35N3O4S. The molecule has 1 fully saturated rings. The number of amides is 1. The zero-order valence-corrected chi connectivity index (χ0v) is 19.7. The summed E-state index contributed by atoms with van der Waals surface area (Å²) in [5.74, 6) is 1.48. The van der Waals surface area contributed by atoms with E-state index in [1.807, 2.05) is 26.0 Å². The van der Waals surface area contributed by atoms with Crippen molar-refractivity contribution in [3.8, 4) is 17.2 Å². The number of carbonyl (C=O) groups excluding carboxylic acids is 1. The number of carbonyl (C=O) groups is 1. The summed E-state index contributed by atoms with van der Waals surface area (Å²) in [4.78, 5) is 15.1. The molecule has 1 amide bonds. The fourth-order valence-electron chi connectivity index (χ4n) is 3.75. The Bertz CT molecular complexity index is 716. The van der Waals surface area contributed by atoms with Crippen LogP contribution in [0.25, 0.3) is 0 Å². The highest BCUT2D eigenvalue weighted by atomic mass is 32.1. The van der Waals surface area contributed by atoms with Crippen LogP contribution in [0, 0.1) is 5.92 Å². The van der Waals surface area contributed by atoms with E-state index in [4.69, 9.17) is 26.4 Å². The quantitative estimate of drug-likeness (QED) is 0.455. The maximum Gasteiger partial charge on any atom is 0.225 e. The van der Waals surface area contributed by atoms with Gasteiger partial charge in [-0.15, -0.1) is 0 Å². The second kappa shape index (κ2) is 11.2. The zero-order chi connectivity index (χ0) is 22.3. The molecule has 1 heterocycles. The van der Waals surface area contributed by atoms with Crippen molar-refractivity contribution < 1.29 is 19.0 Å². The van der Waals surface area contributed by atoms with Crippen molar-refractivity contribution in [3.05, 3.63) is 17.7 Å². The first-order chi connectivity index (χ1) is 14.4. The van der Waals surface area contributed by atoms with E-state index in [0.29, 0.717) is 42.0 Å². The number of unbranched alkanes of at least 4 members (excludes halogenated alkanes) is 1. The molecule has 1 aliphatic rings. The number of rotatable bonds is 9. The van der Waals surface area contributed by atoms with Gasteiger partial charge in [0, 0.05) is 31.6 Å². The molecule has 1 saturated heterocycles. The molecule has 0 spiro atoms. The van der Waals surface area contributed by atoms with E-state index in [1.165, 1.54) is 0 Å². The summed E-state index contributed by atoms with van der Waals surface area (Å²) in [7, 11) is 4.77. The fraction of sp³-hybridized carbons (Fsp3) is 0.636. The van der Waals surface area contributed by atoms with Crippen LogP contribution in [0.5, 0.6) is 17.2 Å². The minimum absolute atomic E-state index is 0.0488. The molecule has 168 valence electrons. The average molecular weight is 438 g/mol. The third kappa shape index (κ3) is 5.68. The molecule has 1 aromatic rings. The van der Waals surface area contributed by atoms with Gasteiger partial charge in [-0.05, 0) is 50.2 Å². The monoisotopic (exact) mass is 437 g/mol. The van der Waals surface area contributed by atoms with E-state index in [9.17, 15) is 4.79 Å². The molecule has 2 N–H and O–H groups in total. The summed E-state index contributed by atoms with van der Waals surface area (Å²) in [6, 6.07) is 4.09. The number of likely N-dealkylation sites (tertiary alicyclic amines) is 1. The van der Waals surface area contributed by atoms with Crippen LogP contribution in [0.4, 0.5) is 0 Å². The van der Waals surface area contributed by atoms with Crippen molar-refractivity contribution in [1.29, 1.82) is 0 Å². The molecule has 0 aliphatic carbocycles. The van der Waals surface area contributed by atoms with Crippen LogP contribution < -0.4 is 24.8 Å². The lowest BCUT2D eigenvalue weighted by Gasteiger charge is -2.22. The van der Waals surface area contributed by atoms with E-state index in [2.05, 4.69) is 22.5 Å². The van der Waals surface area contributed by atoms with E-state index in [1.54, 1.807) is 21.3 Å². The third-order valence-electron chi connectivity index (χ3n) is 5.30. The summed E-state index contributed by atoms with van der Waals surface area (Å²) in [5.41, 5.74) is 0.968. The fourth-order valence-corrected chi connectivity index (χ4v) is 4.13. The normalized spacial score (nSPS) is 18.3. The van der Waals surface area contributed by atoms with Crippen LogP contribution in [-0.4, -0.2) is 62.9 Å². The number of ether oxygens (including phenoxy) is 3. The molecule has 0 radical (unpaired) electrons. The highest BCUT2D eigenvalue weighted by molar-refractivity contribution is 7.80. The van der Waals surface area contributed by atoms with Crippen LogP contribution in [0.15, 0.2) is 12.1 Å². The van der Waals surface area contributed by atoms with Crippen LogP contribution >= 0.6 is 12.2 Å².